The van der Waals surface area contributed by atoms with Crippen LogP contribution in [0, 0.1) is 12.8 Å². The monoisotopic (exact) mass is 433 g/mol. The zero-order chi connectivity index (χ0) is 22.2. The predicted molar refractivity (Wildman–Crippen MR) is 124 cm³/mol. The van der Waals surface area contributed by atoms with Gasteiger partial charge in [-0.1, -0.05) is 0 Å². The summed E-state index contributed by atoms with van der Waals surface area (Å²) < 4.78 is 7.94. The summed E-state index contributed by atoms with van der Waals surface area (Å²) in [5.74, 6) is 3.45. The molecule has 0 saturated carbocycles. The molecule has 0 radical (unpaired) electrons. The molecule has 3 aromatic heterocycles. The lowest BCUT2D eigenvalue weighted by Gasteiger charge is -2.34. The van der Waals surface area contributed by atoms with Crippen LogP contribution in [0.3, 0.4) is 0 Å². The Kier molecular flexibility index (Phi) is 5.04. The maximum Gasteiger partial charge on any atom is 0.224 e. The first kappa shape index (κ1) is 20.1. The van der Waals surface area contributed by atoms with Crippen molar-refractivity contribution in [1.82, 2.24) is 29.5 Å². The van der Waals surface area contributed by atoms with Crippen molar-refractivity contribution in [3.8, 4) is 17.1 Å². The molecule has 5 N–H and O–H groups in total. The van der Waals surface area contributed by atoms with Gasteiger partial charge in [-0.05, 0) is 37.8 Å². The number of nitrogens with zero attached hydrogens (tertiary/aromatic N) is 6. The highest BCUT2D eigenvalue weighted by molar-refractivity contribution is 5.86. The maximum absolute atomic E-state index is 5.95. The van der Waals surface area contributed by atoms with Gasteiger partial charge in [0.05, 0.1) is 12.7 Å². The largest absolute Gasteiger partial charge is 0.496 e. The number of methoxy groups -OCH3 is 1. The molecule has 4 aromatic rings. The van der Waals surface area contributed by atoms with Crippen molar-refractivity contribution in [2.75, 3.05) is 36.6 Å². The van der Waals surface area contributed by atoms with Crippen molar-refractivity contribution in [2.24, 2.45) is 5.92 Å². The lowest BCUT2D eigenvalue weighted by Crippen LogP contribution is -2.35. The number of aryl methyl sites for hydroxylation is 1. The molecular weight excluding hydrogens is 406 g/mol. The Balaban J connectivity index is 1.34. The third-order valence-electron chi connectivity index (χ3n) is 6.19. The van der Waals surface area contributed by atoms with Crippen LogP contribution < -0.4 is 21.1 Å². The summed E-state index contributed by atoms with van der Waals surface area (Å²) in [7, 11) is 1.66. The number of benzene rings is 1. The molecular formula is C22H27N9O. The number of rotatable bonds is 5. The van der Waals surface area contributed by atoms with Gasteiger partial charge in [-0.3, -0.25) is 0 Å². The molecule has 1 aliphatic rings. The smallest absolute Gasteiger partial charge is 0.224 e. The average Bonchev–Trinajstić information content (AvgIpc) is 3.40. The van der Waals surface area contributed by atoms with E-state index < -0.39 is 0 Å². The van der Waals surface area contributed by atoms with Gasteiger partial charge < -0.3 is 30.7 Å². The number of aromatic nitrogens is 6. The molecule has 1 fully saturated rings. The summed E-state index contributed by atoms with van der Waals surface area (Å²) in [6.45, 7) is 5.11. The Bertz CT molecular complexity index is 1250. The van der Waals surface area contributed by atoms with E-state index >= 15 is 0 Å². The summed E-state index contributed by atoms with van der Waals surface area (Å²) in [6, 6.07) is 6.18. The van der Waals surface area contributed by atoms with Crippen LogP contribution in [-0.4, -0.2) is 49.7 Å². The number of nitrogens with two attached hydrogens (primary N) is 2. The summed E-state index contributed by atoms with van der Waals surface area (Å²) in [5.41, 5.74) is 14.6. The van der Waals surface area contributed by atoms with Crippen molar-refractivity contribution in [3.63, 3.8) is 0 Å². The molecule has 0 unspecified atom stereocenters. The van der Waals surface area contributed by atoms with E-state index in [1.54, 1.807) is 7.11 Å². The molecule has 166 valence electrons. The Morgan fingerprint density at radius 2 is 1.97 bits per heavy atom. The summed E-state index contributed by atoms with van der Waals surface area (Å²) >= 11 is 0. The van der Waals surface area contributed by atoms with Crippen LogP contribution in [-0.2, 0) is 6.54 Å². The van der Waals surface area contributed by atoms with E-state index in [0.717, 1.165) is 55.3 Å². The van der Waals surface area contributed by atoms with Crippen molar-refractivity contribution < 1.29 is 4.74 Å². The molecule has 1 saturated heterocycles. The van der Waals surface area contributed by atoms with Crippen molar-refractivity contribution >= 4 is 28.6 Å². The lowest BCUT2D eigenvalue weighted by molar-refractivity contribution is 0.354. The number of imidazole rings is 2. The number of aromatic amines is 1. The topological polar surface area (TPSA) is 137 Å². The second kappa shape index (κ2) is 8.03. The first-order valence-electron chi connectivity index (χ1n) is 10.7. The van der Waals surface area contributed by atoms with Crippen LogP contribution in [0.4, 0.5) is 17.5 Å². The molecule has 0 spiro atoms. The third kappa shape index (κ3) is 3.68. The van der Waals surface area contributed by atoms with Crippen LogP contribution >= 0.6 is 0 Å². The molecule has 1 aromatic carbocycles. The quantitative estimate of drug-likeness (QED) is 0.437. The minimum Gasteiger partial charge on any atom is -0.496 e. The van der Waals surface area contributed by atoms with Gasteiger partial charge in [0.1, 0.15) is 17.4 Å². The molecule has 5 rings (SSSR count). The molecule has 0 bridgehead atoms. The highest BCUT2D eigenvalue weighted by Crippen LogP contribution is 2.35. The normalized spacial score (nSPS) is 14.9. The fourth-order valence-electron chi connectivity index (χ4n) is 4.39. The lowest BCUT2D eigenvalue weighted by atomic mass is 9.96. The predicted octanol–water partition coefficient (Wildman–Crippen LogP) is 2.61. The number of piperidine rings is 1. The number of hydrogen-bond acceptors (Lipinski definition) is 8. The van der Waals surface area contributed by atoms with Crippen molar-refractivity contribution in [2.45, 2.75) is 26.3 Å². The first-order chi connectivity index (χ1) is 15.5. The standard InChI is InChI=1S/C22H27N9O/c1-13-25-7-10-31(13)12-14-5-8-30(9-6-14)15-3-4-16(17(11-15)32-2)20-26-18-19(23)27-22(24)29-21(18)28-20/h3-4,7,10-11,14H,5-6,8-9,12H2,1-2H3,(H5,23,24,26,27,28,29). The van der Waals surface area contributed by atoms with Gasteiger partial charge in [-0.15, -0.1) is 0 Å². The summed E-state index contributed by atoms with van der Waals surface area (Å²) in [4.78, 5) is 22.6. The SMILES string of the molecule is COc1cc(N2CCC(Cn3ccnc3C)CC2)ccc1-c1nc2c(N)nc(N)nc2[nH]1. The number of H-pyrrole nitrogens is 1. The van der Waals surface area contributed by atoms with Crippen LogP contribution in [0.1, 0.15) is 18.7 Å². The first-order valence-corrected chi connectivity index (χ1v) is 10.7. The second-order valence-electron chi connectivity index (χ2n) is 8.19. The Labute approximate surface area is 185 Å². The van der Waals surface area contributed by atoms with Gasteiger partial charge >= 0.3 is 0 Å². The van der Waals surface area contributed by atoms with E-state index in [9.17, 15) is 0 Å². The minimum absolute atomic E-state index is 0.110. The zero-order valence-corrected chi connectivity index (χ0v) is 18.2. The Morgan fingerprint density at radius 3 is 2.69 bits per heavy atom. The summed E-state index contributed by atoms with van der Waals surface area (Å²) in [5, 5.41) is 0. The fraction of sp³-hybridized carbons (Fsp3) is 0.364. The number of fused-ring (bicyclic) bond motifs is 1. The van der Waals surface area contributed by atoms with E-state index in [0.29, 0.717) is 22.9 Å². The zero-order valence-electron chi connectivity index (χ0n) is 18.2. The van der Waals surface area contributed by atoms with Crippen LogP contribution in [0.25, 0.3) is 22.6 Å². The van der Waals surface area contributed by atoms with Gasteiger partial charge in [0.25, 0.3) is 0 Å². The van der Waals surface area contributed by atoms with Gasteiger partial charge in [-0.2, -0.15) is 9.97 Å². The van der Waals surface area contributed by atoms with E-state index in [4.69, 9.17) is 16.2 Å². The van der Waals surface area contributed by atoms with Gasteiger partial charge in [0.2, 0.25) is 5.95 Å². The van der Waals surface area contributed by atoms with Crippen LogP contribution in [0.5, 0.6) is 5.75 Å². The van der Waals surface area contributed by atoms with Crippen LogP contribution in [0.2, 0.25) is 0 Å². The van der Waals surface area contributed by atoms with Crippen molar-refractivity contribution in [3.05, 3.63) is 36.4 Å². The maximum atomic E-state index is 5.95. The number of anilines is 3. The molecule has 32 heavy (non-hydrogen) atoms. The van der Waals surface area contributed by atoms with Gasteiger partial charge in [0.15, 0.2) is 17.0 Å². The number of nitrogen functional groups attached to an aromatic ring is 2. The highest BCUT2D eigenvalue weighted by Gasteiger charge is 2.22. The molecule has 4 heterocycles. The average molecular weight is 434 g/mol. The van der Waals surface area contributed by atoms with Gasteiger partial charge in [-0.25, -0.2) is 9.97 Å². The molecule has 0 amide bonds. The van der Waals surface area contributed by atoms with Crippen LogP contribution in [0.15, 0.2) is 30.6 Å². The second-order valence-corrected chi connectivity index (χ2v) is 8.19. The van der Waals surface area contributed by atoms with E-state index in [1.807, 2.05) is 12.3 Å². The molecule has 1 aliphatic heterocycles. The molecule has 10 heteroatoms. The van der Waals surface area contributed by atoms with Crippen molar-refractivity contribution in [1.29, 1.82) is 0 Å². The molecule has 0 atom stereocenters. The number of nitrogens with one attached hydrogen (secondary N) is 1. The Morgan fingerprint density at radius 1 is 1.16 bits per heavy atom. The number of hydrogen-bond donors (Lipinski definition) is 3. The van der Waals surface area contributed by atoms with Gasteiger partial charge in [0, 0.05) is 43.8 Å². The molecule has 0 aliphatic carbocycles. The third-order valence-corrected chi connectivity index (χ3v) is 6.19. The van der Waals surface area contributed by atoms with E-state index in [1.165, 1.54) is 0 Å². The summed E-state index contributed by atoms with van der Waals surface area (Å²) in [6.07, 6.45) is 6.22. The number of ether oxygens (including phenoxy) is 1. The Hall–Kier alpha value is -3.82. The van der Waals surface area contributed by atoms with E-state index in [-0.39, 0.29) is 11.8 Å². The molecule has 10 nitrogen and oxygen atoms in total. The minimum atomic E-state index is 0.110. The highest BCUT2D eigenvalue weighted by atomic mass is 16.5. The van der Waals surface area contributed by atoms with E-state index in [2.05, 4.69) is 59.6 Å². The fourth-order valence-corrected chi connectivity index (χ4v) is 4.39.